The van der Waals surface area contributed by atoms with Gasteiger partial charge in [-0.15, -0.1) is 0 Å². The van der Waals surface area contributed by atoms with Crippen LogP contribution in [-0.4, -0.2) is 31.1 Å². The zero-order valence-corrected chi connectivity index (χ0v) is 13.8. The summed E-state index contributed by atoms with van der Waals surface area (Å²) in [5, 5.41) is 9.42. The predicted octanol–water partition coefficient (Wildman–Crippen LogP) is 2.55. The van der Waals surface area contributed by atoms with Gasteiger partial charge in [0.1, 0.15) is 0 Å². The van der Waals surface area contributed by atoms with Crippen molar-refractivity contribution in [3.05, 3.63) is 29.8 Å². The molecule has 2 unspecified atom stereocenters. The first-order valence-corrected chi connectivity index (χ1v) is 9.38. The highest BCUT2D eigenvalue weighted by atomic mass is 32.2. The second-order valence-corrected chi connectivity index (χ2v) is 7.86. The second kappa shape index (κ2) is 8.02. The fourth-order valence-electron chi connectivity index (χ4n) is 1.72. The summed E-state index contributed by atoms with van der Waals surface area (Å²) in [6.07, 6.45) is 0.216. The van der Waals surface area contributed by atoms with E-state index in [1.165, 1.54) is 12.1 Å². The van der Waals surface area contributed by atoms with E-state index in [0.717, 1.165) is 17.9 Å². The van der Waals surface area contributed by atoms with Crippen LogP contribution in [0.1, 0.15) is 38.9 Å². The summed E-state index contributed by atoms with van der Waals surface area (Å²) in [5.41, 5.74) is 0.705. The minimum atomic E-state index is -3.48. The molecule has 0 spiro atoms. The third kappa shape index (κ3) is 5.44. The molecule has 2 N–H and O–H groups in total. The number of aliphatic hydroxyl groups excluding tert-OH is 1. The van der Waals surface area contributed by atoms with Crippen molar-refractivity contribution in [3.63, 3.8) is 0 Å². The summed E-state index contributed by atoms with van der Waals surface area (Å²) in [4.78, 5) is 0.233. The van der Waals surface area contributed by atoms with E-state index in [4.69, 9.17) is 0 Å². The highest BCUT2D eigenvalue weighted by Crippen LogP contribution is 2.16. The van der Waals surface area contributed by atoms with Gasteiger partial charge in [-0.25, -0.2) is 13.1 Å². The third-order valence-corrected chi connectivity index (χ3v) is 5.47. The zero-order chi connectivity index (χ0) is 15.2. The van der Waals surface area contributed by atoms with Crippen molar-refractivity contribution in [1.29, 1.82) is 0 Å². The van der Waals surface area contributed by atoms with Crippen LogP contribution in [0.15, 0.2) is 29.2 Å². The van der Waals surface area contributed by atoms with Crippen molar-refractivity contribution >= 4 is 21.8 Å². The quantitative estimate of drug-likeness (QED) is 0.723. The molecule has 1 aromatic rings. The lowest BCUT2D eigenvalue weighted by molar-refractivity contribution is 0.199. The van der Waals surface area contributed by atoms with Crippen LogP contribution in [0.25, 0.3) is 0 Å². The van der Waals surface area contributed by atoms with Crippen molar-refractivity contribution in [3.8, 4) is 0 Å². The molecule has 0 amide bonds. The molecule has 1 aromatic carbocycles. The number of hydrogen-bond donors (Lipinski definition) is 2. The van der Waals surface area contributed by atoms with E-state index in [2.05, 4.69) is 11.6 Å². The molecule has 0 aliphatic rings. The Balaban J connectivity index is 2.68. The Hall–Kier alpha value is -0.560. The molecule has 0 saturated carbocycles. The van der Waals surface area contributed by atoms with Crippen LogP contribution in [0, 0.1) is 0 Å². The molecule has 0 saturated heterocycles. The fraction of sp³-hybridized carbons (Fsp3) is 0.571. The largest absolute Gasteiger partial charge is 0.389 e. The van der Waals surface area contributed by atoms with Gasteiger partial charge in [0.05, 0.1) is 11.0 Å². The number of benzene rings is 1. The molecule has 0 aliphatic heterocycles. The summed E-state index contributed by atoms with van der Waals surface area (Å²) in [5.74, 6) is 1.99. The number of hydrogen-bond acceptors (Lipinski definition) is 4. The first-order valence-electron chi connectivity index (χ1n) is 6.75. The molecule has 4 nitrogen and oxygen atoms in total. The van der Waals surface area contributed by atoms with Crippen molar-refractivity contribution in [2.24, 2.45) is 0 Å². The first-order chi connectivity index (χ1) is 9.36. The molecular formula is C14H23NO3S2. The van der Waals surface area contributed by atoms with E-state index >= 15 is 0 Å². The minimum absolute atomic E-state index is 0.0875. The van der Waals surface area contributed by atoms with Gasteiger partial charge in [0.2, 0.25) is 10.0 Å². The second-order valence-electron chi connectivity index (χ2n) is 4.75. The predicted molar refractivity (Wildman–Crippen MR) is 84.5 cm³/mol. The molecule has 0 fully saturated rings. The van der Waals surface area contributed by atoms with Gasteiger partial charge in [0.25, 0.3) is 0 Å². The van der Waals surface area contributed by atoms with E-state index in [-0.39, 0.29) is 10.9 Å². The molecule has 0 radical (unpaired) electrons. The van der Waals surface area contributed by atoms with E-state index in [9.17, 15) is 13.5 Å². The molecule has 1 rings (SSSR count). The molecular weight excluding hydrogens is 294 g/mol. The van der Waals surface area contributed by atoms with E-state index in [1.807, 2.05) is 6.92 Å². The number of thioether (sulfide) groups is 1. The fourth-order valence-corrected chi connectivity index (χ4v) is 3.81. The maximum absolute atomic E-state index is 12.2. The molecule has 0 aromatic heterocycles. The number of aliphatic hydroxyl groups is 1. The Bertz CT molecular complexity index is 498. The van der Waals surface area contributed by atoms with Crippen LogP contribution in [0.3, 0.4) is 0 Å². The van der Waals surface area contributed by atoms with Crippen LogP contribution in [-0.2, 0) is 10.0 Å². The van der Waals surface area contributed by atoms with Gasteiger partial charge in [-0.05, 0) is 49.5 Å². The molecule has 20 heavy (non-hydrogen) atoms. The lowest BCUT2D eigenvalue weighted by Gasteiger charge is -2.14. The van der Waals surface area contributed by atoms with Crippen molar-refractivity contribution in [1.82, 2.24) is 4.72 Å². The third-order valence-electron chi connectivity index (χ3n) is 2.93. The molecule has 6 heteroatoms. The van der Waals surface area contributed by atoms with Gasteiger partial charge in [-0.3, -0.25) is 0 Å². The van der Waals surface area contributed by atoms with Crippen LogP contribution < -0.4 is 4.72 Å². The molecule has 2 atom stereocenters. The Kier molecular flexibility index (Phi) is 7.02. The highest BCUT2D eigenvalue weighted by Gasteiger charge is 2.17. The van der Waals surface area contributed by atoms with Gasteiger partial charge in [0.15, 0.2) is 0 Å². The Morgan fingerprint density at radius 3 is 2.35 bits per heavy atom. The Morgan fingerprint density at radius 1 is 1.25 bits per heavy atom. The van der Waals surface area contributed by atoms with Gasteiger partial charge in [0, 0.05) is 6.04 Å². The number of nitrogens with one attached hydrogen (secondary N) is 1. The summed E-state index contributed by atoms with van der Waals surface area (Å²) >= 11 is 1.80. The van der Waals surface area contributed by atoms with Gasteiger partial charge >= 0.3 is 0 Å². The maximum Gasteiger partial charge on any atom is 0.240 e. The van der Waals surface area contributed by atoms with Crippen LogP contribution in [0.2, 0.25) is 0 Å². The van der Waals surface area contributed by atoms with Crippen molar-refractivity contribution in [2.45, 2.75) is 44.2 Å². The lowest BCUT2D eigenvalue weighted by atomic mass is 10.1. The summed E-state index contributed by atoms with van der Waals surface area (Å²) in [6.45, 7) is 5.61. The molecule has 0 heterocycles. The van der Waals surface area contributed by atoms with Crippen molar-refractivity contribution in [2.75, 3.05) is 11.5 Å². The normalized spacial score (nSPS) is 15.0. The van der Waals surface area contributed by atoms with Gasteiger partial charge in [-0.1, -0.05) is 19.1 Å². The molecule has 114 valence electrons. The monoisotopic (exact) mass is 317 g/mol. The highest BCUT2D eigenvalue weighted by molar-refractivity contribution is 7.99. The summed E-state index contributed by atoms with van der Waals surface area (Å²) < 4.78 is 27.0. The SMILES string of the molecule is CCSCCC(C)NS(=O)(=O)c1ccc(C(C)O)cc1. The smallest absolute Gasteiger partial charge is 0.240 e. The first kappa shape index (κ1) is 17.5. The Morgan fingerprint density at radius 2 is 1.85 bits per heavy atom. The lowest BCUT2D eigenvalue weighted by Crippen LogP contribution is -2.33. The van der Waals surface area contributed by atoms with Gasteiger partial charge < -0.3 is 5.11 Å². The van der Waals surface area contributed by atoms with E-state index < -0.39 is 16.1 Å². The molecule has 0 aliphatic carbocycles. The molecule has 0 bridgehead atoms. The average molecular weight is 317 g/mol. The zero-order valence-electron chi connectivity index (χ0n) is 12.2. The van der Waals surface area contributed by atoms with Crippen LogP contribution in [0.5, 0.6) is 0 Å². The van der Waals surface area contributed by atoms with Crippen LogP contribution in [0.4, 0.5) is 0 Å². The standard InChI is InChI=1S/C14H23NO3S2/c1-4-19-10-9-11(2)15-20(17,18)14-7-5-13(6-8-14)12(3)16/h5-8,11-12,15-16H,4,9-10H2,1-3H3. The average Bonchev–Trinajstić information content (AvgIpc) is 2.38. The maximum atomic E-state index is 12.2. The van der Waals surface area contributed by atoms with Crippen molar-refractivity contribution < 1.29 is 13.5 Å². The topological polar surface area (TPSA) is 66.4 Å². The summed E-state index contributed by atoms with van der Waals surface area (Å²) in [7, 11) is -3.48. The van der Waals surface area contributed by atoms with E-state index in [1.54, 1.807) is 30.8 Å². The summed E-state index contributed by atoms with van der Waals surface area (Å²) in [6, 6.07) is 6.24. The number of rotatable bonds is 8. The minimum Gasteiger partial charge on any atom is -0.389 e. The Labute approximate surface area is 126 Å². The van der Waals surface area contributed by atoms with Gasteiger partial charge in [-0.2, -0.15) is 11.8 Å². The van der Waals surface area contributed by atoms with E-state index in [0.29, 0.717) is 5.56 Å². The number of sulfonamides is 1. The van der Waals surface area contributed by atoms with Crippen LogP contribution >= 0.6 is 11.8 Å².